The smallest absolute Gasteiger partial charge is 0.174 e. The lowest BCUT2D eigenvalue weighted by Crippen LogP contribution is -2.56. The van der Waals surface area contributed by atoms with Crippen molar-refractivity contribution in [2.75, 3.05) is 25.5 Å². The second kappa shape index (κ2) is 10.3. The van der Waals surface area contributed by atoms with E-state index in [1.807, 2.05) is 60.0 Å². The van der Waals surface area contributed by atoms with E-state index < -0.39 is 5.54 Å². The van der Waals surface area contributed by atoms with Gasteiger partial charge < -0.3 is 10.1 Å². The number of nitrogens with zero attached hydrogens (tertiary/aromatic N) is 2. The fourth-order valence-electron chi connectivity index (χ4n) is 5.80. The number of benzene rings is 3. The van der Waals surface area contributed by atoms with Gasteiger partial charge in [0.2, 0.25) is 0 Å². The number of Topliss-reactive ketones (excluding diaryl/α,β-unsaturated/α-hetero) is 1. The molecule has 1 spiro atoms. The first kappa shape index (κ1) is 25.4. The molecule has 2 aliphatic heterocycles. The van der Waals surface area contributed by atoms with E-state index in [4.69, 9.17) is 27.9 Å². The molecule has 1 fully saturated rings. The van der Waals surface area contributed by atoms with Crippen molar-refractivity contribution in [1.29, 1.82) is 0 Å². The number of hydrogen-bond acceptors (Lipinski definition) is 6. The molecule has 6 rings (SSSR count). The van der Waals surface area contributed by atoms with Crippen LogP contribution in [0.4, 0.5) is 5.69 Å². The lowest BCUT2D eigenvalue weighted by Gasteiger charge is -2.50. The van der Waals surface area contributed by atoms with Crippen molar-refractivity contribution in [3.05, 3.63) is 99.0 Å². The Morgan fingerprint density at radius 3 is 2.58 bits per heavy atom. The van der Waals surface area contributed by atoms with E-state index in [0.29, 0.717) is 5.02 Å². The average Bonchev–Trinajstić information content (AvgIpc) is 3.47. The number of ketones is 1. The Balaban J connectivity index is 1.34. The van der Waals surface area contributed by atoms with Crippen LogP contribution in [0, 0.1) is 0 Å². The van der Waals surface area contributed by atoms with Crippen LogP contribution >= 0.6 is 34.5 Å². The SMILES string of the molecule is COc1ccc(C2C(=O)c3ccc(-c4nccs4)cc3NC23CCN(Cc2cc(Cl)ccc2Cl)CC3)cc1. The maximum absolute atomic E-state index is 14.2. The minimum absolute atomic E-state index is 0.154. The first-order valence-corrected chi connectivity index (χ1v) is 14.3. The molecule has 5 nitrogen and oxygen atoms in total. The highest BCUT2D eigenvalue weighted by atomic mass is 35.5. The molecular weight excluding hydrogens is 537 g/mol. The second-order valence-corrected chi connectivity index (χ2v) is 11.7. The summed E-state index contributed by atoms with van der Waals surface area (Å²) in [5, 5.41) is 8.20. The number of likely N-dealkylation sites (tertiary alicyclic amines) is 1. The maximum atomic E-state index is 14.2. The molecule has 0 aliphatic carbocycles. The summed E-state index contributed by atoms with van der Waals surface area (Å²) in [5.74, 6) is 0.630. The van der Waals surface area contributed by atoms with Gasteiger partial charge in [0, 0.05) is 58.1 Å². The van der Waals surface area contributed by atoms with Crippen LogP contribution in [-0.4, -0.2) is 41.4 Å². The molecular formula is C30H27Cl2N3O2S. The third kappa shape index (κ3) is 4.71. The van der Waals surface area contributed by atoms with Crippen molar-refractivity contribution >= 4 is 46.0 Å². The fraction of sp³-hybridized carbons (Fsp3) is 0.267. The van der Waals surface area contributed by atoms with Crippen molar-refractivity contribution < 1.29 is 9.53 Å². The Bertz CT molecular complexity index is 1470. The summed E-state index contributed by atoms with van der Waals surface area (Å²) in [4.78, 5) is 21.0. The van der Waals surface area contributed by atoms with Gasteiger partial charge in [-0.1, -0.05) is 41.4 Å². The summed E-state index contributed by atoms with van der Waals surface area (Å²) in [5.41, 5.74) is 4.25. The highest BCUT2D eigenvalue weighted by Gasteiger charge is 2.49. The van der Waals surface area contributed by atoms with Gasteiger partial charge in [-0.2, -0.15) is 0 Å². The third-order valence-corrected chi connectivity index (χ3v) is 9.19. The maximum Gasteiger partial charge on any atom is 0.174 e. The van der Waals surface area contributed by atoms with Gasteiger partial charge in [0.05, 0.1) is 18.6 Å². The zero-order valence-corrected chi connectivity index (χ0v) is 23.2. The minimum atomic E-state index is -0.408. The highest BCUT2D eigenvalue weighted by molar-refractivity contribution is 7.13. The number of methoxy groups -OCH3 is 1. The summed E-state index contributed by atoms with van der Waals surface area (Å²) in [6.45, 7) is 2.38. The number of fused-ring (bicyclic) bond motifs is 1. The monoisotopic (exact) mass is 563 g/mol. The number of hydrogen-bond donors (Lipinski definition) is 1. The van der Waals surface area contributed by atoms with Crippen molar-refractivity contribution in [1.82, 2.24) is 9.88 Å². The van der Waals surface area contributed by atoms with Crippen molar-refractivity contribution in [3.8, 4) is 16.3 Å². The Morgan fingerprint density at radius 1 is 1.08 bits per heavy atom. The van der Waals surface area contributed by atoms with Gasteiger partial charge in [-0.25, -0.2) is 4.98 Å². The lowest BCUT2D eigenvalue weighted by atomic mass is 9.67. The van der Waals surface area contributed by atoms with Gasteiger partial charge in [-0.3, -0.25) is 9.69 Å². The molecule has 1 unspecified atom stereocenters. The van der Waals surface area contributed by atoms with Gasteiger partial charge >= 0.3 is 0 Å². The first-order chi connectivity index (χ1) is 18.5. The van der Waals surface area contributed by atoms with E-state index in [1.165, 1.54) is 0 Å². The van der Waals surface area contributed by atoms with E-state index in [9.17, 15) is 4.79 Å². The normalized spacial score (nSPS) is 18.7. The van der Waals surface area contributed by atoms with E-state index in [1.54, 1.807) is 24.6 Å². The standard InChI is InChI=1S/C30H27Cl2N3O2S/c1-37-23-6-2-19(3-7-23)27-28(36)24-8-4-20(29-33-12-15-38-29)17-26(24)34-30(27)10-13-35(14-11-30)18-21-16-22(31)5-9-25(21)32/h2-9,12,15-17,27,34H,10-11,13-14,18H2,1H3. The van der Waals surface area contributed by atoms with Crippen LogP contribution in [0.25, 0.3) is 10.6 Å². The number of anilines is 1. The van der Waals surface area contributed by atoms with Gasteiger partial charge in [0.25, 0.3) is 0 Å². The largest absolute Gasteiger partial charge is 0.497 e. The predicted molar refractivity (Wildman–Crippen MR) is 155 cm³/mol. The first-order valence-electron chi connectivity index (χ1n) is 12.6. The number of carbonyl (C=O) groups is 1. The molecule has 2 aliphatic rings. The molecule has 0 bridgehead atoms. The second-order valence-electron chi connectivity index (χ2n) is 9.96. The van der Waals surface area contributed by atoms with Crippen LogP contribution in [0.2, 0.25) is 10.0 Å². The molecule has 0 amide bonds. The lowest BCUT2D eigenvalue weighted by molar-refractivity contribution is 0.0843. The number of aromatic nitrogens is 1. The molecule has 4 aromatic rings. The number of piperidine rings is 1. The quantitative estimate of drug-likeness (QED) is 0.271. The zero-order valence-electron chi connectivity index (χ0n) is 20.9. The molecule has 3 aromatic carbocycles. The molecule has 3 heterocycles. The molecule has 0 saturated carbocycles. The minimum Gasteiger partial charge on any atom is -0.497 e. The topological polar surface area (TPSA) is 54.5 Å². The number of thiazole rings is 1. The average molecular weight is 565 g/mol. The molecule has 1 aromatic heterocycles. The van der Waals surface area contributed by atoms with Gasteiger partial charge in [-0.05, 0) is 66.4 Å². The Labute approximate surface area is 236 Å². The van der Waals surface area contributed by atoms with Crippen LogP contribution in [0.3, 0.4) is 0 Å². The Kier molecular flexibility index (Phi) is 6.91. The Hall–Kier alpha value is -2.90. The highest BCUT2D eigenvalue weighted by Crippen LogP contribution is 2.47. The van der Waals surface area contributed by atoms with Crippen LogP contribution in [0.1, 0.15) is 40.2 Å². The molecule has 0 radical (unpaired) electrons. The van der Waals surface area contributed by atoms with Crippen LogP contribution in [0.15, 0.2) is 72.2 Å². The van der Waals surface area contributed by atoms with Gasteiger partial charge in [-0.15, -0.1) is 11.3 Å². The van der Waals surface area contributed by atoms with E-state index in [-0.39, 0.29) is 11.7 Å². The summed E-state index contributed by atoms with van der Waals surface area (Å²) in [7, 11) is 1.65. The zero-order chi connectivity index (χ0) is 26.3. The predicted octanol–water partition coefficient (Wildman–Crippen LogP) is 7.55. The number of rotatable bonds is 5. The number of ether oxygens (including phenoxy) is 1. The van der Waals surface area contributed by atoms with Crippen molar-refractivity contribution in [3.63, 3.8) is 0 Å². The molecule has 194 valence electrons. The van der Waals surface area contributed by atoms with E-state index >= 15 is 0 Å². The Morgan fingerprint density at radius 2 is 1.87 bits per heavy atom. The number of halogens is 2. The number of nitrogens with one attached hydrogen (secondary N) is 1. The molecule has 1 saturated heterocycles. The van der Waals surface area contributed by atoms with Gasteiger partial charge in [0.15, 0.2) is 5.78 Å². The van der Waals surface area contributed by atoms with Crippen molar-refractivity contribution in [2.24, 2.45) is 0 Å². The molecule has 8 heteroatoms. The summed E-state index contributed by atoms with van der Waals surface area (Å²) in [6.07, 6.45) is 3.43. The van der Waals surface area contributed by atoms with Crippen LogP contribution in [-0.2, 0) is 6.54 Å². The van der Waals surface area contributed by atoms with Crippen molar-refractivity contribution in [2.45, 2.75) is 30.8 Å². The molecule has 1 atom stereocenters. The molecule has 1 N–H and O–H groups in total. The number of carbonyl (C=O) groups excluding carboxylic acids is 1. The summed E-state index contributed by atoms with van der Waals surface area (Å²) in [6, 6.07) is 19.6. The van der Waals surface area contributed by atoms with E-state index in [2.05, 4.69) is 21.3 Å². The summed E-state index contributed by atoms with van der Waals surface area (Å²) >= 11 is 14.3. The van der Waals surface area contributed by atoms with E-state index in [0.717, 1.165) is 76.2 Å². The summed E-state index contributed by atoms with van der Waals surface area (Å²) < 4.78 is 5.38. The van der Waals surface area contributed by atoms with Gasteiger partial charge in [0.1, 0.15) is 10.8 Å². The third-order valence-electron chi connectivity index (χ3n) is 7.76. The van der Waals surface area contributed by atoms with Crippen LogP contribution < -0.4 is 10.1 Å². The van der Waals surface area contributed by atoms with Crippen LogP contribution in [0.5, 0.6) is 5.75 Å². The fourth-order valence-corrected chi connectivity index (χ4v) is 6.81. The molecule has 38 heavy (non-hydrogen) atoms.